The zero-order valence-corrected chi connectivity index (χ0v) is 13.3. The molecule has 0 bridgehead atoms. The Labute approximate surface area is 133 Å². The highest BCUT2D eigenvalue weighted by Gasteiger charge is 2.63. The molecule has 3 aliphatic rings. The molecule has 1 aliphatic carbocycles. The van der Waals surface area contributed by atoms with Gasteiger partial charge in [0.15, 0.2) is 5.78 Å². The number of aliphatic hydroxyl groups excluding tert-OH is 2. The van der Waals surface area contributed by atoms with Gasteiger partial charge in [0, 0.05) is 6.42 Å². The van der Waals surface area contributed by atoms with Crippen LogP contribution in [0.5, 0.6) is 0 Å². The molecular weight excluding hydrogens is 308 g/mol. The van der Waals surface area contributed by atoms with E-state index in [-0.39, 0.29) is 6.42 Å². The summed E-state index contributed by atoms with van der Waals surface area (Å²) in [4.78, 5) is 12.2. The van der Waals surface area contributed by atoms with Crippen LogP contribution in [-0.2, 0) is 19.0 Å². The number of carbonyl (C=O) groups is 1. The van der Waals surface area contributed by atoms with Gasteiger partial charge in [-0.1, -0.05) is 0 Å². The molecule has 0 aromatic carbocycles. The summed E-state index contributed by atoms with van der Waals surface area (Å²) in [5, 5.41) is 37.2. The van der Waals surface area contributed by atoms with Crippen molar-refractivity contribution in [3.8, 4) is 0 Å². The number of nitrogens with one attached hydrogen (secondary N) is 2. The normalized spacial score (nSPS) is 53.6. The number of carbonyl (C=O) groups excluding carboxylic acids is 1. The van der Waals surface area contributed by atoms with Gasteiger partial charge in [0.2, 0.25) is 6.29 Å². The molecule has 2 heterocycles. The molecule has 0 spiro atoms. The number of fused-ring (bicyclic) bond motifs is 2. The SMILES string of the molecule is CN[C@@H]1[C@H](O)[C@H](NC)[C@H]2O[C@@]3(O)C(=O)C[C@@H](C)OC3O[C@@H]2[C@H]1O. The van der Waals surface area contributed by atoms with Crippen LogP contribution >= 0.6 is 0 Å². The largest absolute Gasteiger partial charge is 0.390 e. The quantitative estimate of drug-likeness (QED) is 0.361. The van der Waals surface area contributed by atoms with Crippen LogP contribution in [0.4, 0.5) is 0 Å². The average Bonchev–Trinajstić information content (AvgIpc) is 2.49. The van der Waals surface area contributed by atoms with Crippen molar-refractivity contribution >= 4 is 5.78 Å². The molecule has 23 heavy (non-hydrogen) atoms. The molecule has 0 aromatic rings. The van der Waals surface area contributed by atoms with Crippen molar-refractivity contribution in [3.63, 3.8) is 0 Å². The third kappa shape index (κ3) is 2.52. The molecule has 2 saturated heterocycles. The molecule has 3 rings (SSSR count). The number of hydrogen-bond donors (Lipinski definition) is 5. The maximum atomic E-state index is 12.2. The van der Waals surface area contributed by atoms with Crippen LogP contribution in [0.3, 0.4) is 0 Å². The Bertz CT molecular complexity index is 478. The smallest absolute Gasteiger partial charge is 0.280 e. The molecule has 1 unspecified atom stereocenters. The minimum absolute atomic E-state index is 0.00220. The molecule has 0 aromatic heterocycles. The molecule has 0 radical (unpaired) electrons. The first kappa shape index (κ1) is 17.2. The molecule has 5 N–H and O–H groups in total. The highest BCUT2D eigenvalue weighted by Crippen LogP contribution is 2.40. The van der Waals surface area contributed by atoms with E-state index in [1.807, 2.05) is 0 Å². The second kappa shape index (κ2) is 6.01. The monoisotopic (exact) mass is 332 g/mol. The van der Waals surface area contributed by atoms with E-state index >= 15 is 0 Å². The number of rotatable bonds is 2. The zero-order chi connectivity index (χ0) is 16.9. The summed E-state index contributed by atoms with van der Waals surface area (Å²) < 4.78 is 16.8. The van der Waals surface area contributed by atoms with Gasteiger partial charge in [0.25, 0.3) is 5.79 Å². The van der Waals surface area contributed by atoms with Gasteiger partial charge < -0.3 is 40.2 Å². The second-order valence-electron chi connectivity index (χ2n) is 6.40. The minimum Gasteiger partial charge on any atom is -0.390 e. The van der Waals surface area contributed by atoms with Crippen LogP contribution in [0, 0.1) is 0 Å². The molecule has 9 atom stereocenters. The Morgan fingerprint density at radius 2 is 1.74 bits per heavy atom. The maximum Gasteiger partial charge on any atom is 0.280 e. The number of aliphatic hydroxyl groups is 3. The highest BCUT2D eigenvalue weighted by molar-refractivity contribution is 5.87. The highest BCUT2D eigenvalue weighted by atomic mass is 16.8. The lowest BCUT2D eigenvalue weighted by Crippen LogP contribution is -2.77. The topological polar surface area (TPSA) is 130 Å². The third-order valence-electron chi connectivity index (χ3n) is 4.93. The summed E-state index contributed by atoms with van der Waals surface area (Å²) in [6, 6.07) is -1.29. The fourth-order valence-electron chi connectivity index (χ4n) is 3.68. The van der Waals surface area contributed by atoms with E-state index in [4.69, 9.17) is 14.2 Å². The number of hydrogen-bond acceptors (Lipinski definition) is 9. The zero-order valence-electron chi connectivity index (χ0n) is 13.3. The lowest BCUT2D eigenvalue weighted by molar-refractivity contribution is -0.420. The molecule has 0 amide bonds. The van der Waals surface area contributed by atoms with Crippen LogP contribution in [0.2, 0.25) is 0 Å². The number of ether oxygens (including phenoxy) is 3. The first-order valence-corrected chi connectivity index (χ1v) is 7.78. The van der Waals surface area contributed by atoms with Crippen molar-refractivity contribution < 1.29 is 34.3 Å². The Hall–Kier alpha value is -0.650. The van der Waals surface area contributed by atoms with E-state index in [1.54, 1.807) is 21.0 Å². The Balaban J connectivity index is 1.92. The summed E-state index contributed by atoms with van der Waals surface area (Å²) in [6.45, 7) is 1.70. The molecule has 9 nitrogen and oxygen atoms in total. The Morgan fingerprint density at radius 1 is 1.09 bits per heavy atom. The summed E-state index contributed by atoms with van der Waals surface area (Å²) in [5.74, 6) is -2.76. The lowest BCUT2D eigenvalue weighted by Gasteiger charge is -2.55. The Kier molecular flexibility index (Phi) is 4.49. The summed E-state index contributed by atoms with van der Waals surface area (Å²) in [7, 11) is 3.24. The lowest BCUT2D eigenvalue weighted by atomic mass is 9.80. The fourth-order valence-corrected chi connectivity index (χ4v) is 3.68. The first-order chi connectivity index (χ1) is 10.8. The van der Waals surface area contributed by atoms with E-state index in [2.05, 4.69) is 10.6 Å². The van der Waals surface area contributed by atoms with Gasteiger partial charge in [-0.2, -0.15) is 0 Å². The van der Waals surface area contributed by atoms with Crippen molar-refractivity contribution in [2.24, 2.45) is 0 Å². The first-order valence-electron chi connectivity index (χ1n) is 7.78. The van der Waals surface area contributed by atoms with Crippen molar-refractivity contribution in [1.29, 1.82) is 0 Å². The minimum atomic E-state index is -2.23. The van der Waals surface area contributed by atoms with Crippen molar-refractivity contribution in [1.82, 2.24) is 10.6 Å². The van der Waals surface area contributed by atoms with Gasteiger partial charge in [0.05, 0.1) is 24.3 Å². The molecule has 3 fully saturated rings. The number of ketones is 1. The van der Waals surface area contributed by atoms with E-state index in [1.165, 1.54) is 0 Å². The second-order valence-corrected chi connectivity index (χ2v) is 6.40. The summed E-state index contributed by atoms with van der Waals surface area (Å²) >= 11 is 0. The molecular formula is C14H24N2O7. The third-order valence-corrected chi connectivity index (χ3v) is 4.93. The number of Topliss-reactive ketones (excluding diaryl/α,β-unsaturated/α-hetero) is 1. The van der Waals surface area contributed by atoms with Gasteiger partial charge in [-0.3, -0.25) is 4.79 Å². The molecule has 9 heteroatoms. The summed E-state index contributed by atoms with van der Waals surface area (Å²) in [5.41, 5.74) is 0. The fraction of sp³-hybridized carbons (Fsp3) is 0.929. The van der Waals surface area contributed by atoms with E-state index in [9.17, 15) is 20.1 Å². The molecule has 1 saturated carbocycles. The van der Waals surface area contributed by atoms with E-state index in [0.717, 1.165) is 0 Å². The van der Waals surface area contributed by atoms with Crippen LogP contribution < -0.4 is 10.6 Å². The molecule has 132 valence electrons. The van der Waals surface area contributed by atoms with Crippen LogP contribution in [0.1, 0.15) is 13.3 Å². The predicted molar refractivity (Wildman–Crippen MR) is 76.4 cm³/mol. The number of likely N-dealkylation sites (N-methyl/N-ethyl adjacent to an activating group) is 2. The Morgan fingerprint density at radius 3 is 2.35 bits per heavy atom. The summed E-state index contributed by atoms with van der Waals surface area (Å²) in [6.07, 6.45) is -5.58. The van der Waals surface area contributed by atoms with Crippen molar-refractivity contribution in [2.45, 2.75) is 68.0 Å². The molecule has 2 aliphatic heterocycles. The van der Waals surface area contributed by atoms with Gasteiger partial charge >= 0.3 is 0 Å². The predicted octanol–water partition coefficient (Wildman–Crippen LogP) is -2.93. The van der Waals surface area contributed by atoms with E-state index < -0.39 is 60.5 Å². The average molecular weight is 332 g/mol. The van der Waals surface area contributed by atoms with Crippen LogP contribution in [-0.4, -0.2) is 89.9 Å². The van der Waals surface area contributed by atoms with Crippen LogP contribution in [0.15, 0.2) is 0 Å². The standard InChI is InChI=1S/C14H24N2O7/c1-5-4-6(17)14(20)13(21-5)22-12-10(19)7(15-2)9(18)8(16-3)11(12)23-14/h5,7-13,15-16,18-20H,4H2,1-3H3/t5-,7-,8+,9+,10+,11-,12-,13?,14+/m1/s1. The van der Waals surface area contributed by atoms with Crippen molar-refractivity contribution in [2.75, 3.05) is 14.1 Å². The van der Waals surface area contributed by atoms with Gasteiger partial charge in [-0.25, -0.2) is 0 Å². The van der Waals surface area contributed by atoms with Gasteiger partial charge in [0.1, 0.15) is 18.3 Å². The van der Waals surface area contributed by atoms with Gasteiger partial charge in [-0.15, -0.1) is 0 Å². The van der Waals surface area contributed by atoms with Crippen molar-refractivity contribution in [3.05, 3.63) is 0 Å². The van der Waals surface area contributed by atoms with Gasteiger partial charge in [-0.05, 0) is 21.0 Å². The maximum absolute atomic E-state index is 12.2. The van der Waals surface area contributed by atoms with Crippen LogP contribution in [0.25, 0.3) is 0 Å². The van der Waals surface area contributed by atoms with E-state index in [0.29, 0.717) is 0 Å².